The van der Waals surface area contributed by atoms with Gasteiger partial charge in [0, 0.05) is 18.6 Å². The van der Waals surface area contributed by atoms with Gasteiger partial charge in [-0.1, -0.05) is 12.1 Å². The van der Waals surface area contributed by atoms with Crippen molar-refractivity contribution in [2.24, 2.45) is 0 Å². The average molecular weight is 224 g/mol. The molecule has 0 aromatic heterocycles. The van der Waals surface area contributed by atoms with Crippen molar-refractivity contribution in [3.63, 3.8) is 0 Å². The largest absolute Gasteiger partial charge is 0.478 e. The maximum absolute atomic E-state index is 13.6. The van der Waals surface area contributed by atoms with Gasteiger partial charge in [-0.3, -0.25) is 4.79 Å². The number of hydrogen-bond acceptors (Lipinski definition) is 3. The van der Waals surface area contributed by atoms with Crippen LogP contribution in [0.5, 0.6) is 5.75 Å². The molecule has 0 heterocycles. The van der Waals surface area contributed by atoms with Crippen LogP contribution < -0.4 is 4.74 Å². The Hall–Kier alpha value is -2.17. The number of carboxylic acids is 1. The van der Waals surface area contributed by atoms with Gasteiger partial charge in [0.25, 0.3) is 0 Å². The van der Waals surface area contributed by atoms with E-state index in [1.165, 1.54) is 18.2 Å². The van der Waals surface area contributed by atoms with Gasteiger partial charge >= 0.3 is 11.9 Å². The number of aliphatic carboxylic acids is 1. The summed E-state index contributed by atoms with van der Waals surface area (Å²) < 4.78 is 18.2. The lowest BCUT2D eigenvalue weighted by atomic mass is 10.2. The van der Waals surface area contributed by atoms with Crippen LogP contribution in [0.4, 0.5) is 4.39 Å². The molecule has 16 heavy (non-hydrogen) atoms. The molecule has 0 bridgehead atoms. The van der Waals surface area contributed by atoms with E-state index in [4.69, 9.17) is 5.11 Å². The standard InChI is InChI=1S/C11H9FO4/c1-7(13)16-9-4-2-3-8(11(9)12)5-6-10(14)15/h2-6H,1H3,(H,14,15). The Morgan fingerprint density at radius 2 is 2.12 bits per heavy atom. The normalized spacial score (nSPS) is 10.4. The summed E-state index contributed by atoms with van der Waals surface area (Å²) in [6.45, 7) is 1.15. The van der Waals surface area contributed by atoms with Crippen LogP contribution in [-0.2, 0) is 9.59 Å². The smallest absolute Gasteiger partial charge is 0.328 e. The molecule has 0 radical (unpaired) electrons. The molecule has 1 rings (SSSR count). The van der Waals surface area contributed by atoms with E-state index in [9.17, 15) is 14.0 Å². The first-order valence-corrected chi connectivity index (χ1v) is 4.38. The molecule has 4 nitrogen and oxygen atoms in total. The third-order valence-electron chi connectivity index (χ3n) is 1.65. The van der Waals surface area contributed by atoms with Crippen LogP contribution in [0.15, 0.2) is 24.3 Å². The van der Waals surface area contributed by atoms with Gasteiger partial charge < -0.3 is 9.84 Å². The number of ether oxygens (including phenoxy) is 1. The van der Waals surface area contributed by atoms with E-state index in [2.05, 4.69) is 4.74 Å². The topological polar surface area (TPSA) is 63.6 Å². The van der Waals surface area contributed by atoms with Gasteiger partial charge in [-0.25, -0.2) is 9.18 Å². The number of hydrogen-bond donors (Lipinski definition) is 1. The average Bonchev–Trinajstić information content (AvgIpc) is 2.18. The van der Waals surface area contributed by atoms with Crippen molar-refractivity contribution < 1.29 is 23.8 Å². The second-order valence-corrected chi connectivity index (χ2v) is 2.92. The summed E-state index contributed by atoms with van der Waals surface area (Å²) in [7, 11) is 0. The molecule has 0 aliphatic rings. The van der Waals surface area contributed by atoms with Crippen molar-refractivity contribution in [2.45, 2.75) is 6.92 Å². The van der Waals surface area contributed by atoms with E-state index in [-0.39, 0.29) is 11.3 Å². The Labute approximate surface area is 91.0 Å². The Kier molecular flexibility index (Phi) is 3.77. The van der Waals surface area contributed by atoms with Crippen LogP contribution in [0.2, 0.25) is 0 Å². The Bertz CT molecular complexity index is 451. The molecule has 0 aliphatic heterocycles. The molecule has 0 fully saturated rings. The molecule has 1 N–H and O–H groups in total. The third kappa shape index (κ3) is 3.20. The quantitative estimate of drug-likeness (QED) is 0.483. The lowest BCUT2D eigenvalue weighted by molar-refractivity contribution is -0.132. The predicted octanol–water partition coefficient (Wildman–Crippen LogP) is 1.85. The minimum Gasteiger partial charge on any atom is -0.478 e. The maximum atomic E-state index is 13.6. The fraction of sp³-hybridized carbons (Fsp3) is 0.0909. The Morgan fingerprint density at radius 3 is 2.69 bits per heavy atom. The summed E-state index contributed by atoms with van der Waals surface area (Å²) in [5, 5.41) is 8.39. The van der Waals surface area contributed by atoms with Crippen LogP contribution in [-0.4, -0.2) is 17.0 Å². The van der Waals surface area contributed by atoms with Gasteiger partial charge in [-0.2, -0.15) is 0 Å². The number of carboxylic acid groups (broad SMARTS) is 1. The molecule has 5 heteroatoms. The molecule has 0 saturated carbocycles. The van der Waals surface area contributed by atoms with Gasteiger partial charge in [-0.05, 0) is 12.1 Å². The van der Waals surface area contributed by atoms with Gasteiger partial charge in [0.15, 0.2) is 11.6 Å². The molecule has 0 unspecified atom stereocenters. The van der Waals surface area contributed by atoms with Crippen LogP contribution >= 0.6 is 0 Å². The van der Waals surface area contributed by atoms with E-state index >= 15 is 0 Å². The summed E-state index contributed by atoms with van der Waals surface area (Å²) in [5.74, 6) is -2.81. The zero-order valence-corrected chi connectivity index (χ0v) is 8.44. The summed E-state index contributed by atoms with van der Waals surface area (Å²) >= 11 is 0. The molecule has 0 amide bonds. The second kappa shape index (κ2) is 5.06. The van der Waals surface area contributed by atoms with Crippen molar-refractivity contribution in [1.29, 1.82) is 0 Å². The molecule has 1 aromatic rings. The molecule has 0 spiro atoms. The molecular formula is C11H9FO4. The fourth-order valence-electron chi connectivity index (χ4n) is 1.05. The van der Waals surface area contributed by atoms with E-state index in [0.717, 1.165) is 19.1 Å². The number of rotatable bonds is 3. The highest BCUT2D eigenvalue weighted by Gasteiger charge is 2.08. The number of carbonyl (C=O) groups is 2. The van der Waals surface area contributed by atoms with Crippen LogP contribution in [0.25, 0.3) is 6.08 Å². The lowest BCUT2D eigenvalue weighted by Crippen LogP contribution is -2.03. The van der Waals surface area contributed by atoms with E-state index in [1.807, 2.05) is 0 Å². The lowest BCUT2D eigenvalue weighted by Gasteiger charge is -2.04. The summed E-state index contributed by atoms with van der Waals surface area (Å²) in [5.41, 5.74) is 0.0427. The highest BCUT2D eigenvalue weighted by atomic mass is 19.1. The third-order valence-corrected chi connectivity index (χ3v) is 1.65. The highest BCUT2D eigenvalue weighted by Crippen LogP contribution is 2.21. The molecule has 0 aliphatic carbocycles. The summed E-state index contributed by atoms with van der Waals surface area (Å²) in [6.07, 6.45) is 1.89. The van der Waals surface area contributed by atoms with Crippen LogP contribution in [0, 0.1) is 5.82 Å². The van der Waals surface area contributed by atoms with Gasteiger partial charge in [-0.15, -0.1) is 0 Å². The zero-order valence-electron chi connectivity index (χ0n) is 8.44. The monoisotopic (exact) mass is 224 g/mol. The van der Waals surface area contributed by atoms with Crippen LogP contribution in [0.3, 0.4) is 0 Å². The van der Waals surface area contributed by atoms with Gasteiger partial charge in [0.2, 0.25) is 0 Å². The van der Waals surface area contributed by atoms with E-state index < -0.39 is 17.8 Å². The Morgan fingerprint density at radius 1 is 1.44 bits per heavy atom. The van der Waals surface area contributed by atoms with Crippen molar-refractivity contribution in [1.82, 2.24) is 0 Å². The van der Waals surface area contributed by atoms with Crippen LogP contribution in [0.1, 0.15) is 12.5 Å². The first-order chi connectivity index (χ1) is 7.50. The second-order valence-electron chi connectivity index (χ2n) is 2.92. The number of carbonyl (C=O) groups excluding carboxylic acids is 1. The molecule has 84 valence electrons. The minimum absolute atomic E-state index is 0.0427. The number of halogens is 1. The molecule has 1 aromatic carbocycles. The predicted molar refractivity (Wildman–Crippen MR) is 54.4 cm³/mol. The molecule has 0 atom stereocenters. The minimum atomic E-state index is -1.18. The van der Waals surface area contributed by atoms with Crippen molar-refractivity contribution in [3.8, 4) is 5.75 Å². The van der Waals surface area contributed by atoms with Crippen molar-refractivity contribution >= 4 is 18.0 Å². The van der Waals surface area contributed by atoms with E-state index in [0.29, 0.717) is 0 Å². The zero-order chi connectivity index (χ0) is 12.1. The first-order valence-electron chi connectivity index (χ1n) is 4.38. The highest BCUT2D eigenvalue weighted by molar-refractivity contribution is 5.85. The van der Waals surface area contributed by atoms with E-state index in [1.54, 1.807) is 0 Å². The fourth-order valence-corrected chi connectivity index (χ4v) is 1.05. The SMILES string of the molecule is CC(=O)Oc1cccc(C=CC(=O)O)c1F. The van der Waals surface area contributed by atoms with Gasteiger partial charge in [0.1, 0.15) is 0 Å². The maximum Gasteiger partial charge on any atom is 0.328 e. The Balaban J connectivity index is 3.03. The summed E-state index contributed by atoms with van der Waals surface area (Å²) in [6, 6.07) is 4.12. The molecule has 0 saturated heterocycles. The van der Waals surface area contributed by atoms with Crippen molar-refractivity contribution in [2.75, 3.05) is 0 Å². The number of benzene rings is 1. The van der Waals surface area contributed by atoms with Crippen molar-refractivity contribution in [3.05, 3.63) is 35.7 Å². The number of esters is 1. The summed E-state index contributed by atoms with van der Waals surface area (Å²) in [4.78, 5) is 20.9. The molecular weight excluding hydrogens is 215 g/mol. The first kappa shape index (κ1) is 11.9. The van der Waals surface area contributed by atoms with Gasteiger partial charge in [0.05, 0.1) is 0 Å².